The Kier molecular flexibility index (Phi) is 11.9. The van der Waals surface area contributed by atoms with Crippen molar-refractivity contribution in [3.8, 4) is 33.6 Å². The van der Waals surface area contributed by atoms with Gasteiger partial charge >= 0.3 is 0 Å². The SMILES string of the molecule is CC(C)(C)c1cc(-c2cc(-c3cc4c5c(c3)N(c3ccccc3)c3cc6cc7ccccc7cc6cc3B5c3cc5cc6ccccc6cc5cc3N4c3ccccc3)cc(-c3cc(C(C)(C)C)cc(C(C)(C)C)c3)n2)cc(C(C)(C)C)c1. The van der Waals surface area contributed by atoms with Crippen LogP contribution in [0.15, 0.2) is 218 Å². The van der Waals surface area contributed by atoms with E-state index in [0.29, 0.717) is 0 Å². The lowest BCUT2D eigenvalue weighted by atomic mass is 9.33. The van der Waals surface area contributed by atoms with E-state index in [1.54, 1.807) is 0 Å². The Labute approximate surface area is 491 Å². The Bertz CT molecular complexity index is 4250. The Balaban J connectivity index is 1.12. The molecule has 0 bridgehead atoms. The fourth-order valence-electron chi connectivity index (χ4n) is 13.0. The largest absolute Gasteiger partial charge is 0.311 e. The average molecular weight is 1070 g/mol. The molecule has 0 atom stereocenters. The zero-order valence-electron chi connectivity index (χ0n) is 50.2. The first-order valence-electron chi connectivity index (χ1n) is 29.8. The van der Waals surface area contributed by atoms with Crippen LogP contribution in [-0.2, 0) is 21.7 Å². The minimum absolute atomic E-state index is 0.0813. The van der Waals surface area contributed by atoms with Gasteiger partial charge in [0, 0.05) is 45.3 Å². The van der Waals surface area contributed by atoms with Gasteiger partial charge in [-0.25, -0.2) is 4.98 Å². The highest BCUT2D eigenvalue weighted by atomic mass is 15.2. The number of pyridine rings is 1. The minimum Gasteiger partial charge on any atom is -0.311 e. The van der Waals surface area contributed by atoms with Gasteiger partial charge in [-0.1, -0.05) is 192 Å². The highest BCUT2D eigenvalue weighted by Crippen LogP contribution is 2.49. The lowest BCUT2D eigenvalue weighted by Crippen LogP contribution is -2.61. The molecule has 0 amide bonds. The molecule has 0 radical (unpaired) electrons. The molecule has 406 valence electrons. The summed E-state index contributed by atoms with van der Waals surface area (Å²) in [6.07, 6.45) is 0. The molecule has 2 aliphatic rings. The highest BCUT2D eigenvalue weighted by Gasteiger charge is 2.44. The number of anilines is 6. The van der Waals surface area contributed by atoms with Crippen LogP contribution in [-0.4, -0.2) is 11.7 Å². The van der Waals surface area contributed by atoms with Crippen LogP contribution in [0.4, 0.5) is 34.1 Å². The van der Waals surface area contributed by atoms with E-state index in [-0.39, 0.29) is 28.4 Å². The third kappa shape index (κ3) is 9.19. The van der Waals surface area contributed by atoms with E-state index >= 15 is 0 Å². The molecule has 11 aromatic carbocycles. The first kappa shape index (κ1) is 52.4. The van der Waals surface area contributed by atoms with E-state index in [1.807, 2.05) is 0 Å². The van der Waals surface area contributed by atoms with Crippen molar-refractivity contribution in [2.45, 2.75) is 105 Å². The molecule has 3 heterocycles. The number of nitrogens with zero attached hydrogens (tertiary/aromatic N) is 3. The number of rotatable bonds is 5. The van der Waals surface area contributed by atoms with Crippen LogP contribution in [0.1, 0.15) is 105 Å². The second-order valence-corrected chi connectivity index (χ2v) is 27.8. The number of benzene rings is 11. The standard InChI is InChI=1S/C79H72BN3/c1-76(2,3)61-35-59(36-62(47-61)77(4,5)6)69-41-57(42-70(81-69)60-37-63(78(7,8)9)48-64(38-60)79(10,11)12)58-45-73-75-74(46-58)83(66-29-17-14-18-30-66)72-44-56-34-52-26-22-20-24-50(52)32-54(56)40-68(72)80(75)67-39-53-31-49-23-19-21-25-51(49)33-55(53)43-71(67)82(73)65-27-15-13-16-28-65/h13-48H,1-12H3. The van der Waals surface area contributed by atoms with Gasteiger partial charge in [0.25, 0.3) is 6.71 Å². The minimum atomic E-state index is -0.0961. The molecular formula is C79H72BN3. The van der Waals surface area contributed by atoms with Crippen LogP contribution < -0.4 is 26.2 Å². The van der Waals surface area contributed by atoms with Crippen molar-refractivity contribution >= 4 is 100 Å². The molecule has 0 fully saturated rings. The molecular weight excluding hydrogens is 1000 g/mol. The summed E-state index contributed by atoms with van der Waals surface area (Å²) in [5, 5.41) is 9.88. The first-order chi connectivity index (χ1) is 39.6. The summed E-state index contributed by atoms with van der Waals surface area (Å²) >= 11 is 0. The van der Waals surface area contributed by atoms with Gasteiger partial charge in [0.1, 0.15) is 0 Å². The quantitative estimate of drug-likeness (QED) is 0.126. The zero-order chi connectivity index (χ0) is 57.5. The summed E-state index contributed by atoms with van der Waals surface area (Å²) in [7, 11) is 0. The third-order valence-corrected chi connectivity index (χ3v) is 17.8. The fourth-order valence-corrected chi connectivity index (χ4v) is 13.0. The Morgan fingerprint density at radius 3 is 0.928 bits per heavy atom. The summed E-state index contributed by atoms with van der Waals surface area (Å²) in [6, 6.07) is 83.5. The molecule has 0 saturated carbocycles. The fraction of sp³-hybridized carbons (Fsp3) is 0.203. The summed E-state index contributed by atoms with van der Waals surface area (Å²) in [6.45, 7) is 27.8. The number of para-hydroxylation sites is 2. The van der Waals surface area contributed by atoms with Gasteiger partial charge in [-0.15, -0.1) is 0 Å². The molecule has 2 aliphatic heterocycles. The smallest absolute Gasteiger partial charge is 0.252 e. The van der Waals surface area contributed by atoms with Crippen LogP contribution in [0.2, 0.25) is 0 Å². The normalized spacial score (nSPS) is 13.5. The molecule has 0 spiro atoms. The molecule has 1 aromatic heterocycles. The van der Waals surface area contributed by atoms with E-state index in [9.17, 15) is 0 Å². The van der Waals surface area contributed by atoms with Crippen molar-refractivity contribution in [2.75, 3.05) is 9.80 Å². The van der Waals surface area contributed by atoms with Crippen molar-refractivity contribution in [1.29, 1.82) is 0 Å². The number of fused-ring (bicyclic) bond motifs is 8. The second kappa shape index (κ2) is 18.9. The van der Waals surface area contributed by atoms with E-state index in [0.717, 1.165) is 45.0 Å². The van der Waals surface area contributed by atoms with Crippen molar-refractivity contribution in [3.05, 3.63) is 241 Å². The van der Waals surface area contributed by atoms with Crippen molar-refractivity contribution in [1.82, 2.24) is 4.98 Å². The van der Waals surface area contributed by atoms with E-state index < -0.39 is 0 Å². The van der Waals surface area contributed by atoms with Crippen molar-refractivity contribution < 1.29 is 0 Å². The lowest BCUT2D eigenvalue weighted by molar-refractivity contribution is 0.568. The molecule has 0 N–H and O–H groups in total. The third-order valence-electron chi connectivity index (χ3n) is 17.8. The van der Waals surface area contributed by atoms with Gasteiger partial charge in [-0.2, -0.15) is 0 Å². The zero-order valence-corrected chi connectivity index (χ0v) is 50.2. The molecule has 83 heavy (non-hydrogen) atoms. The molecule has 4 heteroatoms. The Morgan fingerprint density at radius 2 is 0.590 bits per heavy atom. The highest BCUT2D eigenvalue weighted by molar-refractivity contribution is 7.00. The van der Waals surface area contributed by atoms with Crippen LogP contribution in [0, 0.1) is 0 Å². The molecule has 0 aliphatic carbocycles. The summed E-state index contributed by atoms with van der Waals surface area (Å²) in [5.41, 5.74) is 22.1. The van der Waals surface area contributed by atoms with E-state index in [4.69, 9.17) is 4.98 Å². The van der Waals surface area contributed by atoms with Crippen LogP contribution in [0.5, 0.6) is 0 Å². The van der Waals surface area contributed by atoms with Gasteiger partial charge in [0.05, 0.1) is 11.4 Å². The average Bonchev–Trinajstić information content (AvgIpc) is 1.68. The van der Waals surface area contributed by atoms with E-state index in [1.165, 1.54) is 104 Å². The lowest BCUT2D eigenvalue weighted by Gasteiger charge is -2.44. The Hall–Kier alpha value is -8.73. The molecule has 0 saturated heterocycles. The monoisotopic (exact) mass is 1070 g/mol. The van der Waals surface area contributed by atoms with Gasteiger partial charge in [0.15, 0.2) is 0 Å². The van der Waals surface area contributed by atoms with Gasteiger partial charge in [0.2, 0.25) is 0 Å². The summed E-state index contributed by atoms with van der Waals surface area (Å²) in [4.78, 5) is 10.9. The van der Waals surface area contributed by atoms with E-state index in [2.05, 4.69) is 311 Å². The maximum Gasteiger partial charge on any atom is 0.252 e. The Morgan fingerprint density at radius 1 is 0.277 bits per heavy atom. The topological polar surface area (TPSA) is 19.4 Å². The number of hydrogen-bond acceptors (Lipinski definition) is 3. The molecule has 14 rings (SSSR count). The van der Waals surface area contributed by atoms with Gasteiger partial charge < -0.3 is 9.80 Å². The number of hydrogen-bond donors (Lipinski definition) is 0. The predicted molar refractivity (Wildman–Crippen MR) is 359 cm³/mol. The van der Waals surface area contributed by atoms with Crippen molar-refractivity contribution in [2.24, 2.45) is 0 Å². The van der Waals surface area contributed by atoms with Crippen LogP contribution >= 0.6 is 0 Å². The summed E-state index contributed by atoms with van der Waals surface area (Å²) < 4.78 is 0. The van der Waals surface area contributed by atoms with Crippen LogP contribution in [0.25, 0.3) is 76.7 Å². The molecule has 12 aromatic rings. The first-order valence-corrected chi connectivity index (χ1v) is 29.8. The van der Waals surface area contributed by atoms with Crippen molar-refractivity contribution in [3.63, 3.8) is 0 Å². The second-order valence-electron chi connectivity index (χ2n) is 27.8. The number of aromatic nitrogens is 1. The molecule has 0 unspecified atom stereocenters. The summed E-state index contributed by atoms with van der Waals surface area (Å²) in [5.74, 6) is 0. The maximum atomic E-state index is 5.81. The van der Waals surface area contributed by atoms with Crippen LogP contribution in [0.3, 0.4) is 0 Å². The van der Waals surface area contributed by atoms with Gasteiger partial charge in [-0.05, 0) is 224 Å². The maximum absolute atomic E-state index is 5.81. The van der Waals surface area contributed by atoms with Gasteiger partial charge in [-0.3, -0.25) is 0 Å². The molecule has 3 nitrogen and oxygen atoms in total. The predicted octanol–water partition coefficient (Wildman–Crippen LogP) is 20.0.